The molecular weight excluding hydrogens is 352 g/mol. The number of benzene rings is 2. The van der Waals surface area contributed by atoms with Gasteiger partial charge in [0.1, 0.15) is 0 Å². The molecule has 2 rings (SSSR count). The Morgan fingerprint density at radius 1 is 0.643 bits per heavy atom. The summed E-state index contributed by atoms with van der Waals surface area (Å²) in [6.45, 7) is 1.47. The Balaban J connectivity index is 1.80. The minimum atomic E-state index is 0.00739. The predicted octanol–water partition coefficient (Wildman–Crippen LogP) is 4.69. The maximum Gasteiger partial charge on any atom is 0.163 e. The molecule has 0 radical (unpaired) electrons. The van der Waals surface area contributed by atoms with E-state index in [0.29, 0.717) is 11.1 Å². The first kappa shape index (κ1) is 22.0. The van der Waals surface area contributed by atoms with Gasteiger partial charge in [-0.05, 0) is 36.8 Å². The van der Waals surface area contributed by atoms with Gasteiger partial charge in [-0.2, -0.15) is 0 Å². The zero-order valence-electron chi connectivity index (χ0n) is 16.9. The second kappa shape index (κ2) is 12.2. The van der Waals surface area contributed by atoms with Gasteiger partial charge in [0.05, 0.1) is 0 Å². The first-order valence-corrected chi connectivity index (χ1v) is 9.86. The molecule has 0 aliphatic heterocycles. The van der Waals surface area contributed by atoms with Gasteiger partial charge in [-0.1, -0.05) is 48.5 Å². The van der Waals surface area contributed by atoms with Crippen molar-refractivity contribution in [1.29, 1.82) is 0 Å². The van der Waals surface area contributed by atoms with Gasteiger partial charge in [-0.3, -0.25) is 9.59 Å². The average molecular weight is 383 g/mol. The Morgan fingerprint density at radius 3 is 1.32 bits per heavy atom. The normalized spacial score (nSPS) is 10.8. The lowest BCUT2D eigenvalue weighted by Crippen LogP contribution is -2.05. The van der Waals surface area contributed by atoms with Crippen molar-refractivity contribution >= 4 is 11.6 Å². The van der Waals surface area contributed by atoms with E-state index in [2.05, 4.69) is 0 Å². The number of hydrogen-bond donors (Lipinski definition) is 0. The SMILES string of the molecule is COCCCc1ccc(C(=O)CCC(=O)c2ccc(CCCOC)cc2)cc1. The van der Waals surface area contributed by atoms with Crippen LogP contribution in [0, 0.1) is 0 Å². The Bertz CT molecular complexity index is 667. The highest BCUT2D eigenvalue weighted by molar-refractivity contribution is 6.02. The molecular formula is C24H30O4. The van der Waals surface area contributed by atoms with Crippen LogP contribution in [-0.2, 0) is 22.3 Å². The monoisotopic (exact) mass is 382 g/mol. The highest BCUT2D eigenvalue weighted by Crippen LogP contribution is 2.13. The maximum absolute atomic E-state index is 12.4. The summed E-state index contributed by atoms with van der Waals surface area (Å²) >= 11 is 0. The van der Waals surface area contributed by atoms with Crippen LogP contribution in [0.1, 0.15) is 57.5 Å². The molecule has 0 spiro atoms. The molecule has 4 nitrogen and oxygen atoms in total. The quantitative estimate of drug-likeness (QED) is 0.372. The second-order valence-corrected chi connectivity index (χ2v) is 6.93. The zero-order valence-corrected chi connectivity index (χ0v) is 16.9. The van der Waals surface area contributed by atoms with Gasteiger partial charge in [0.15, 0.2) is 11.6 Å². The number of hydrogen-bond acceptors (Lipinski definition) is 4. The van der Waals surface area contributed by atoms with Crippen LogP contribution in [0.25, 0.3) is 0 Å². The van der Waals surface area contributed by atoms with Gasteiger partial charge in [-0.15, -0.1) is 0 Å². The summed E-state index contributed by atoms with van der Waals surface area (Å²) in [4.78, 5) is 24.7. The van der Waals surface area contributed by atoms with E-state index in [1.54, 1.807) is 14.2 Å². The van der Waals surface area contributed by atoms with Crippen LogP contribution < -0.4 is 0 Å². The topological polar surface area (TPSA) is 52.6 Å². The molecule has 2 aromatic carbocycles. The van der Waals surface area contributed by atoms with E-state index in [9.17, 15) is 9.59 Å². The fourth-order valence-electron chi connectivity index (χ4n) is 3.07. The molecule has 2 aromatic rings. The van der Waals surface area contributed by atoms with Crippen LogP contribution in [0.15, 0.2) is 48.5 Å². The Morgan fingerprint density at radius 2 is 1.00 bits per heavy atom. The lowest BCUT2D eigenvalue weighted by Gasteiger charge is -2.05. The molecule has 0 aliphatic carbocycles. The third-order valence-corrected chi connectivity index (χ3v) is 4.76. The molecule has 0 bridgehead atoms. The molecule has 0 saturated carbocycles. The molecule has 4 heteroatoms. The first-order valence-electron chi connectivity index (χ1n) is 9.86. The summed E-state index contributed by atoms with van der Waals surface area (Å²) in [5.41, 5.74) is 3.71. The number of Topliss-reactive ketones (excluding diaryl/α,β-unsaturated/α-hetero) is 2. The van der Waals surface area contributed by atoms with Crippen molar-refractivity contribution in [1.82, 2.24) is 0 Å². The molecule has 0 unspecified atom stereocenters. The van der Waals surface area contributed by atoms with E-state index in [-0.39, 0.29) is 24.4 Å². The van der Waals surface area contributed by atoms with Gasteiger partial charge < -0.3 is 9.47 Å². The van der Waals surface area contributed by atoms with E-state index in [1.165, 1.54) is 11.1 Å². The van der Waals surface area contributed by atoms with E-state index in [0.717, 1.165) is 38.9 Å². The number of aryl methyl sites for hydroxylation is 2. The van der Waals surface area contributed by atoms with Crippen molar-refractivity contribution in [2.24, 2.45) is 0 Å². The van der Waals surface area contributed by atoms with Gasteiger partial charge >= 0.3 is 0 Å². The number of rotatable bonds is 13. The molecule has 0 aliphatic rings. The van der Waals surface area contributed by atoms with Crippen LogP contribution in [0.5, 0.6) is 0 Å². The summed E-state index contributed by atoms with van der Waals surface area (Å²) in [6.07, 6.45) is 4.26. The molecule has 0 atom stereocenters. The predicted molar refractivity (Wildman–Crippen MR) is 111 cm³/mol. The molecule has 0 heterocycles. The van der Waals surface area contributed by atoms with Gasteiger partial charge in [-0.25, -0.2) is 0 Å². The first-order chi connectivity index (χ1) is 13.6. The van der Waals surface area contributed by atoms with Crippen LogP contribution in [0.3, 0.4) is 0 Å². The van der Waals surface area contributed by atoms with Crippen LogP contribution in [0.4, 0.5) is 0 Å². The van der Waals surface area contributed by atoms with Crippen molar-refractivity contribution in [3.63, 3.8) is 0 Å². The smallest absolute Gasteiger partial charge is 0.163 e. The van der Waals surface area contributed by atoms with Crippen LogP contribution in [-0.4, -0.2) is 39.0 Å². The lowest BCUT2D eigenvalue weighted by atomic mass is 9.99. The van der Waals surface area contributed by atoms with Crippen LogP contribution in [0.2, 0.25) is 0 Å². The third kappa shape index (κ3) is 7.37. The molecule has 28 heavy (non-hydrogen) atoms. The number of carbonyl (C=O) groups is 2. The van der Waals surface area contributed by atoms with Crippen LogP contribution >= 0.6 is 0 Å². The summed E-state index contributed by atoms with van der Waals surface area (Å²) in [6, 6.07) is 15.3. The maximum atomic E-state index is 12.4. The minimum Gasteiger partial charge on any atom is -0.385 e. The lowest BCUT2D eigenvalue weighted by molar-refractivity contribution is 0.0917. The Labute approximate surface area is 167 Å². The number of ether oxygens (including phenoxy) is 2. The van der Waals surface area contributed by atoms with E-state index >= 15 is 0 Å². The fraction of sp³-hybridized carbons (Fsp3) is 0.417. The largest absolute Gasteiger partial charge is 0.385 e. The van der Waals surface area contributed by atoms with Crippen molar-refractivity contribution in [2.75, 3.05) is 27.4 Å². The van der Waals surface area contributed by atoms with Crippen molar-refractivity contribution < 1.29 is 19.1 Å². The summed E-state index contributed by atoms with van der Waals surface area (Å²) in [5.74, 6) is 0.0148. The molecule has 0 N–H and O–H groups in total. The molecule has 0 amide bonds. The standard InChI is InChI=1S/C24H30O4/c1-27-17-3-5-19-7-11-21(12-8-19)23(25)15-16-24(26)22-13-9-20(10-14-22)6-4-18-28-2/h7-14H,3-6,15-18H2,1-2H3. The third-order valence-electron chi connectivity index (χ3n) is 4.76. The van der Waals surface area contributed by atoms with Crippen molar-refractivity contribution in [3.05, 3.63) is 70.8 Å². The van der Waals surface area contributed by atoms with Gasteiger partial charge in [0.25, 0.3) is 0 Å². The molecule has 0 aromatic heterocycles. The highest BCUT2D eigenvalue weighted by Gasteiger charge is 2.11. The Hall–Kier alpha value is -2.30. The number of methoxy groups -OCH3 is 2. The fourth-order valence-corrected chi connectivity index (χ4v) is 3.07. The van der Waals surface area contributed by atoms with Gasteiger partial charge in [0.2, 0.25) is 0 Å². The van der Waals surface area contributed by atoms with E-state index < -0.39 is 0 Å². The number of ketones is 2. The highest BCUT2D eigenvalue weighted by atomic mass is 16.5. The van der Waals surface area contributed by atoms with Crippen molar-refractivity contribution in [2.45, 2.75) is 38.5 Å². The average Bonchev–Trinajstić information content (AvgIpc) is 2.73. The second-order valence-electron chi connectivity index (χ2n) is 6.93. The summed E-state index contributed by atoms with van der Waals surface area (Å²) < 4.78 is 10.1. The summed E-state index contributed by atoms with van der Waals surface area (Å²) in [5, 5.41) is 0. The van der Waals surface area contributed by atoms with Gasteiger partial charge in [0, 0.05) is 51.4 Å². The van der Waals surface area contributed by atoms with E-state index in [4.69, 9.17) is 9.47 Å². The van der Waals surface area contributed by atoms with E-state index in [1.807, 2.05) is 48.5 Å². The summed E-state index contributed by atoms with van der Waals surface area (Å²) in [7, 11) is 3.39. The molecule has 0 fully saturated rings. The zero-order chi connectivity index (χ0) is 20.2. The minimum absolute atomic E-state index is 0.00739. The number of carbonyl (C=O) groups excluding carboxylic acids is 2. The molecule has 0 saturated heterocycles. The molecule has 150 valence electrons. The van der Waals surface area contributed by atoms with Crippen molar-refractivity contribution in [3.8, 4) is 0 Å². The Kier molecular flexibility index (Phi) is 9.60.